The average molecular weight is 242 g/mol. The van der Waals surface area contributed by atoms with Gasteiger partial charge in [0.25, 0.3) is 0 Å². The van der Waals surface area contributed by atoms with Crippen LogP contribution in [0.5, 0.6) is 5.75 Å². The fourth-order valence-corrected chi connectivity index (χ4v) is 2.15. The Morgan fingerprint density at radius 2 is 2.25 bits per heavy atom. The van der Waals surface area contributed by atoms with Crippen LogP contribution in [-0.4, -0.2) is 27.6 Å². The Balaban J connectivity index is 2.73. The Bertz CT molecular complexity index is 403. The lowest BCUT2D eigenvalue weighted by molar-refractivity contribution is -0.136. The number of hydrogen-bond acceptors (Lipinski definition) is 3. The van der Waals surface area contributed by atoms with Crippen LogP contribution in [0.1, 0.15) is 12.5 Å². The van der Waals surface area contributed by atoms with Gasteiger partial charge in [-0.1, -0.05) is 12.1 Å². The van der Waals surface area contributed by atoms with Crippen molar-refractivity contribution >= 4 is 16.8 Å². The molecule has 0 heterocycles. The summed E-state index contributed by atoms with van der Waals surface area (Å²) in [4.78, 5) is 10.6. The highest BCUT2D eigenvalue weighted by Crippen LogP contribution is 2.15. The van der Waals surface area contributed by atoms with Crippen LogP contribution in [0.2, 0.25) is 0 Å². The van der Waals surface area contributed by atoms with Crippen molar-refractivity contribution < 1.29 is 18.8 Å². The maximum absolute atomic E-state index is 11.6. The Kier molecular flexibility index (Phi) is 4.49. The van der Waals surface area contributed by atoms with Gasteiger partial charge in [0.2, 0.25) is 0 Å². The summed E-state index contributed by atoms with van der Waals surface area (Å²) in [6, 6.07) is 7.13. The summed E-state index contributed by atoms with van der Waals surface area (Å²) in [5.74, 6) is -0.135. The molecule has 2 unspecified atom stereocenters. The van der Waals surface area contributed by atoms with Crippen molar-refractivity contribution in [3.05, 3.63) is 29.8 Å². The zero-order chi connectivity index (χ0) is 12.1. The minimum absolute atomic E-state index is 0.227. The maximum atomic E-state index is 11.6. The Labute approximate surface area is 96.7 Å². The van der Waals surface area contributed by atoms with E-state index in [4.69, 9.17) is 9.84 Å². The number of methoxy groups -OCH3 is 1. The van der Waals surface area contributed by atoms with Gasteiger partial charge in [0, 0.05) is 16.6 Å². The molecule has 0 fully saturated rings. The van der Waals surface area contributed by atoms with Crippen LogP contribution in [0, 0.1) is 0 Å². The Morgan fingerprint density at radius 3 is 2.81 bits per heavy atom. The number of aliphatic carboxylic acids is 1. The van der Waals surface area contributed by atoms with Crippen LogP contribution < -0.4 is 4.74 Å². The predicted octanol–water partition coefficient (Wildman–Crippen LogP) is 1.42. The highest BCUT2D eigenvalue weighted by molar-refractivity contribution is 7.85. The van der Waals surface area contributed by atoms with E-state index in [1.54, 1.807) is 31.4 Å². The lowest BCUT2D eigenvalue weighted by atomic mass is 10.2. The molecule has 1 aromatic carbocycles. The van der Waals surface area contributed by atoms with Crippen LogP contribution in [0.3, 0.4) is 0 Å². The maximum Gasteiger partial charge on any atom is 0.318 e. The second kappa shape index (κ2) is 5.65. The van der Waals surface area contributed by atoms with E-state index in [-0.39, 0.29) is 5.75 Å². The smallest absolute Gasteiger partial charge is 0.318 e. The van der Waals surface area contributed by atoms with Crippen LogP contribution in [0.15, 0.2) is 24.3 Å². The van der Waals surface area contributed by atoms with Crippen molar-refractivity contribution in [1.82, 2.24) is 0 Å². The largest absolute Gasteiger partial charge is 0.497 e. The van der Waals surface area contributed by atoms with Gasteiger partial charge in [-0.2, -0.15) is 0 Å². The molecule has 0 spiro atoms. The monoisotopic (exact) mass is 242 g/mol. The van der Waals surface area contributed by atoms with Crippen molar-refractivity contribution in [1.29, 1.82) is 0 Å². The van der Waals surface area contributed by atoms with E-state index in [2.05, 4.69) is 0 Å². The SMILES string of the molecule is COc1cccc(CS(=O)C(C)C(=O)O)c1. The van der Waals surface area contributed by atoms with Gasteiger partial charge in [0.05, 0.1) is 7.11 Å². The second-order valence-electron chi connectivity index (χ2n) is 3.36. The van der Waals surface area contributed by atoms with Gasteiger partial charge in [0.15, 0.2) is 0 Å². The summed E-state index contributed by atoms with van der Waals surface area (Å²) in [5.41, 5.74) is 0.811. The minimum atomic E-state index is -1.41. The number of hydrogen-bond donors (Lipinski definition) is 1. The van der Waals surface area contributed by atoms with Crippen molar-refractivity contribution in [2.75, 3.05) is 7.11 Å². The molecule has 16 heavy (non-hydrogen) atoms. The summed E-state index contributed by atoms with van der Waals surface area (Å²) < 4.78 is 16.7. The molecule has 0 bridgehead atoms. The molecule has 0 saturated carbocycles. The van der Waals surface area contributed by atoms with E-state index >= 15 is 0 Å². The van der Waals surface area contributed by atoms with Crippen molar-refractivity contribution in [3.8, 4) is 5.75 Å². The van der Waals surface area contributed by atoms with Gasteiger partial charge >= 0.3 is 5.97 Å². The molecule has 0 aliphatic heterocycles. The number of benzene rings is 1. The molecule has 0 aliphatic rings. The standard InChI is InChI=1S/C11H14O4S/c1-8(11(12)13)16(14)7-9-4-3-5-10(6-9)15-2/h3-6,8H,7H2,1-2H3,(H,12,13). The van der Waals surface area contributed by atoms with Crippen LogP contribution in [0.4, 0.5) is 0 Å². The van der Waals surface area contributed by atoms with E-state index in [9.17, 15) is 9.00 Å². The first-order valence-electron chi connectivity index (χ1n) is 4.77. The molecular formula is C11H14O4S. The average Bonchev–Trinajstić information content (AvgIpc) is 2.28. The predicted molar refractivity (Wildman–Crippen MR) is 61.9 cm³/mol. The minimum Gasteiger partial charge on any atom is -0.497 e. The summed E-state index contributed by atoms with van der Waals surface area (Å²) in [7, 11) is 0.140. The fourth-order valence-electron chi connectivity index (χ4n) is 1.16. The van der Waals surface area contributed by atoms with Gasteiger partial charge < -0.3 is 9.84 Å². The van der Waals surface area contributed by atoms with E-state index < -0.39 is 22.0 Å². The summed E-state index contributed by atoms with van der Waals surface area (Å²) in [6.07, 6.45) is 0. The number of carboxylic acid groups (broad SMARTS) is 1. The van der Waals surface area contributed by atoms with E-state index in [1.165, 1.54) is 6.92 Å². The molecule has 1 N–H and O–H groups in total. The summed E-state index contributed by atoms with van der Waals surface area (Å²) in [5, 5.41) is 7.86. The lowest BCUT2D eigenvalue weighted by Crippen LogP contribution is -2.22. The molecule has 88 valence electrons. The van der Waals surface area contributed by atoms with Crippen molar-refractivity contribution in [3.63, 3.8) is 0 Å². The third kappa shape index (κ3) is 3.34. The molecule has 0 amide bonds. The van der Waals surface area contributed by atoms with Gasteiger partial charge in [-0.15, -0.1) is 0 Å². The van der Waals surface area contributed by atoms with Gasteiger partial charge in [-0.3, -0.25) is 9.00 Å². The highest BCUT2D eigenvalue weighted by Gasteiger charge is 2.18. The van der Waals surface area contributed by atoms with Crippen molar-refractivity contribution in [2.24, 2.45) is 0 Å². The summed E-state index contributed by atoms with van der Waals surface area (Å²) in [6.45, 7) is 1.44. The normalized spacial score (nSPS) is 14.1. The molecular weight excluding hydrogens is 228 g/mol. The molecule has 1 aromatic rings. The van der Waals surface area contributed by atoms with E-state index in [0.717, 1.165) is 5.56 Å². The number of carboxylic acids is 1. The highest BCUT2D eigenvalue weighted by atomic mass is 32.2. The lowest BCUT2D eigenvalue weighted by Gasteiger charge is -2.07. The van der Waals surface area contributed by atoms with E-state index in [1.807, 2.05) is 0 Å². The van der Waals surface area contributed by atoms with Crippen molar-refractivity contribution in [2.45, 2.75) is 17.9 Å². The van der Waals surface area contributed by atoms with Crippen LogP contribution in [-0.2, 0) is 21.3 Å². The number of ether oxygens (including phenoxy) is 1. The number of carbonyl (C=O) groups is 1. The number of rotatable bonds is 5. The summed E-state index contributed by atoms with van der Waals surface area (Å²) >= 11 is 0. The molecule has 0 aromatic heterocycles. The van der Waals surface area contributed by atoms with E-state index in [0.29, 0.717) is 5.75 Å². The topological polar surface area (TPSA) is 63.6 Å². The molecule has 0 saturated heterocycles. The molecule has 2 atom stereocenters. The van der Waals surface area contributed by atoms with Crippen LogP contribution >= 0.6 is 0 Å². The first kappa shape index (κ1) is 12.7. The molecule has 5 heteroatoms. The van der Waals surface area contributed by atoms with Gasteiger partial charge in [0.1, 0.15) is 11.0 Å². The fraction of sp³-hybridized carbons (Fsp3) is 0.364. The molecule has 1 rings (SSSR count). The zero-order valence-electron chi connectivity index (χ0n) is 9.17. The Hall–Kier alpha value is -1.36. The van der Waals surface area contributed by atoms with Gasteiger partial charge in [-0.25, -0.2) is 0 Å². The van der Waals surface area contributed by atoms with Gasteiger partial charge in [-0.05, 0) is 24.6 Å². The quantitative estimate of drug-likeness (QED) is 0.848. The third-order valence-electron chi connectivity index (χ3n) is 2.19. The second-order valence-corrected chi connectivity index (χ2v) is 5.11. The Morgan fingerprint density at radius 1 is 1.56 bits per heavy atom. The molecule has 4 nitrogen and oxygen atoms in total. The first-order valence-corrected chi connectivity index (χ1v) is 6.15. The first-order chi connectivity index (χ1) is 7.54. The molecule has 0 aliphatic carbocycles. The van der Waals surface area contributed by atoms with Crippen LogP contribution in [0.25, 0.3) is 0 Å². The molecule has 0 radical (unpaired) electrons. The third-order valence-corrected chi connectivity index (χ3v) is 3.79. The zero-order valence-corrected chi connectivity index (χ0v) is 9.99.